The maximum Gasteiger partial charge on any atom is 0.243 e. The predicted molar refractivity (Wildman–Crippen MR) is 132 cm³/mol. The van der Waals surface area contributed by atoms with Crippen LogP contribution < -0.4 is 5.32 Å². The molecule has 2 aromatic rings. The molecule has 0 radical (unpaired) electrons. The topological polar surface area (TPSA) is 100 Å². The number of sulfonamides is 1. The van der Waals surface area contributed by atoms with Crippen LogP contribution in [0.4, 0.5) is 0 Å². The Bertz CT molecular complexity index is 1080. The quantitative estimate of drug-likeness (QED) is 0.571. The van der Waals surface area contributed by atoms with Gasteiger partial charge in [-0.3, -0.25) is 4.79 Å². The first-order chi connectivity index (χ1) is 16.4. The van der Waals surface area contributed by atoms with Gasteiger partial charge in [0.05, 0.1) is 16.3 Å². The van der Waals surface area contributed by atoms with Crippen molar-refractivity contribution < 1.29 is 13.2 Å². The zero-order valence-electron chi connectivity index (χ0n) is 20.4. The van der Waals surface area contributed by atoms with E-state index in [4.69, 9.17) is 0 Å². The van der Waals surface area contributed by atoms with Crippen LogP contribution >= 0.6 is 0 Å². The second kappa shape index (κ2) is 11.1. The summed E-state index contributed by atoms with van der Waals surface area (Å²) in [6, 6.07) is 5.11. The number of nitrogens with one attached hydrogen (secondary N) is 1. The first-order valence-electron chi connectivity index (χ1n) is 12.7. The van der Waals surface area contributed by atoms with Crippen LogP contribution in [-0.4, -0.2) is 77.8 Å². The van der Waals surface area contributed by atoms with Crippen LogP contribution in [0.5, 0.6) is 0 Å². The lowest BCUT2D eigenvalue weighted by Crippen LogP contribution is -2.45. The van der Waals surface area contributed by atoms with E-state index in [0.29, 0.717) is 31.4 Å². The molecule has 1 unspecified atom stereocenters. The van der Waals surface area contributed by atoms with E-state index >= 15 is 0 Å². The number of nitrogens with zero attached hydrogens (tertiary/aromatic N) is 5. The SMILES string of the molecule is CC(C)n1nnc2cc(S(=O)(=O)N3CCCC(C(=O)NCCCN4CCCCCC4)C3)ccc21. The van der Waals surface area contributed by atoms with Gasteiger partial charge in [0.15, 0.2) is 0 Å². The average molecular weight is 491 g/mol. The summed E-state index contributed by atoms with van der Waals surface area (Å²) in [5.74, 6) is -0.349. The van der Waals surface area contributed by atoms with Gasteiger partial charge in [-0.25, -0.2) is 13.1 Å². The molecule has 1 amide bonds. The van der Waals surface area contributed by atoms with Gasteiger partial charge in [-0.15, -0.1) is 5.10 Å². The predicted octanol–water partition coefficient (Wildman–Crippen LogP) is 2.80. The van der Waals surface area contributed by atoms with E-state index in [1.54, 1.807) is 22.9 Å². The third-order valence-corrected chi connectivity index (χ3v) is 8.83. The van der Waals surface area contributed by atoms with E-state index in [2.05, 4.69) is 20.5 Å². The third-order valence-electron chi connectivity index (χ3n) is 6.97. The molecule has 0 bridgehead atoms. The lowest BCUT2D eigenvalue weighted by Gasteiger charge is -2.31. The van der Waals surface area contributed by atoms with Gasteiger partial charge in [0.2, 0.25) is 15.9 Å². The monoisotopic (exact) mass is 490 g/mol. The van der Waals surface area contributed by atoms with Crippen LogP contribution in [0.15, 0.2) is 23.1 Å². The maximum atomic E-state index is 13.3. The highest BCUT2D eigenvalue weighted by atomic mass is 32.2. The number of amides is 1. The molecule has 34 heavy (non-hydrogen) atoms. The molecule has 1 atom stereocenters. The fraction of sp³-hybridized carbons (Fsp3) is 0.708. The number of fused-ring (bicyclic) bond motifs is 1. The molecule has 9 nitrogen and oxygen atoms in total. The normalized spacial score (nSPS) is 21.1. The Morgan fingerprint density at radius 2 is 1.88 bits per heavy atom. The summed E-state index contributed by atoms with van der Waals surface area (Å²) >= 11 is 0. The lowest BCUT2D eigenvalue weighted by molar-refractivity contribution is -0.126. The molecule has 10 heteroatoms. The van der Waals surface area contributed by atoms with Gasteiger partial charge in [0.25, 0.3) is 0 Å². The Morgan fingerprint density at radius 1 is 1.12 bits per heavy atom. The Balaban J connectivity index is 1.33. The third kappa shape index (κ3) is 5.78. The fourth-order valence-corrected chi connectivity index (χ4v) is 6.55. The highest BCUT2D eigenvalue weighted by Crippen LogP contribution is 2.26. The zero-order valence-corrected chi connectivity index (χ0v) is 21.3. The molecule has 0 saturated carbocycles. The minimum atomic E-state index is -3.70. The summed E-state index contributed by atoms with van der Waals surface area (Å²) in [6.07, 6.45) is 7.49. The molecule has 2 saturated heterocycles. The Labute approximate surface area is 202 Å². The van der Waals surface area contributed by atoms with Gasteiger partial charge in [-0.1, -0.05) is 18.1 Å². The number of piperidine rings is 1. The molecule has 2 fully saturated rings. The summed E-state index contributed by atoms with van der Waals surface area (Å²) in [6.45, 7) is 8.62. The number of rotatable bonds is 8. The summed E-state index contributed by atoms with van der Waals surface area (Å²) in [5.41, 5.74) is 1.37. The second-order valence-electron chi connectivity index (χ2n) is 9.88. The van der Waals surface area contributed by atoms with Crippen molar-refractivity contribution in [1.82, 2.24) is 29.5 Å². The van der Waals surface area contributed by atoms with Crippen molar-refractivity contribution in [3.8, 4) is 0 Å². The van der Waals surface area contributed by atoms with Gasteiger partial charge in [-0.05, 0) is 83.8 Å². The van der Waals surface area contributed by atoms with E-state index in [9.17, 15) is 13.2 Å². The first-order valence-corrected chi connectivity index (χ1v) is 14.2. The molecule has 4 rings (SSSR count). The molecule has 0 aliphatic carbocycles. The van der Waals surface area contributed by atoms with Gasteiger partial charge in [-0.2, -0.15) is 4.31 Å². The molecule has 1 aromatic heterocycles. The van der Waals surface area contributed by atoms with Crippen molar-refractivity contribution in [2.75, 3.05) is 39.3 Å². The van der Waals surface area contributed by atoms with Crippen molar-refractivity contribution in [3.05, 3.63) is 18.2 Å². The number of hydrogen-bond acceptors (Lipinski definition) is 6. The van der Waals surface area contributed by atoms with Crippen molar-refractivity contribution in [1.29, 1.82) is 0 Å². The van der Waals surface area contributed by atoms with Crippen molar-refractivity contribution in [2.45, 2.75) is 69.7 Å². The number of carbonyl (C=O) groups excluding carboxylic acids is 1. The molecule has 3 heterocycles. The molecule has 2 aliphatic heterocycles. The van der Waals surface area contributed by atoms with Crippen LogP contribution in [-0.2, 0) is 14.8 Å². The zero-order chi connectivity index (χ0) is 24.1. The van der Waals surface area contributed by atoms with Crippen LogP contribution in [0.3, 0.4) is 0 Å². The lowest BCUT2D eigenvalue weighted by atomic mass is 9.99. The highest BCUT2D eigenvalue weighted by molar-refractivity contribution is 7.89. The summed E-state index contributed by atoms with van der Waals surface area (Å²) in [5, 5.41) is 11.3. The Morgan fingerprint density at radius 3 is 2.62 bits per heavy atom. The number of hydrogen-bond donors (Lipinski definition) is 1. The van der Waals surface area contributed by atoms with Gasteiger partial charge < -0.3 is 10.2 Å². The second-order valence-corrected chi connectivity index (χ2v) is 11.8. The van der Waals surface area contributed by atoms with Crippen LogP contribution in [0.1, 0.15) is 64.8 Å². The maximum absolute atomic E-state index is 13.3. The molecule has 2 aliphatic rings. The smallest absolute Gasteiger partial charge is 0.243 e. The number of likely N-dealkylation sites (tertiary alicyclic amines) is 1. The van der Waals surface area contributed by atoms with Gasteiger partial charge >= 0.3 is 0 Å². The average Bonchev–Trinajstić information content (AvgIpc) is 3.09. The van der Waals surface area contributed by atoms with Crippen LogP contribution in [0, 0.1) is 5.92 Å². The minimum Gasteiger partial charge on any atom is -0.356 e. The summed E-state index contributed by atoms with van der Waals surface area (Å²) in [4.78, 5) is 15.5. The fourth-order valence-electron chi connectivity index (χ4n) is 5.01. The van der Waals surface area contributed by atoms with Gasteiger partial charge in [0.1, 0.15) is 5.52 Å². The number of carbonyl (C=O) groups is 1. The first kappa shape index (κ1) is 25.1. The molecule has 1 aromatic carbocycles. The van der Waals surface area contributed by atoms with Crippen molar-refractivity contribution >= 4 is 27.0 Å². The summed E-state index contributed by atoms with van der Waals surface area (Å²) in [7, 11) is -3.70. The van der Waals surface area contributed by atoms with Crippen molar-refractivity contribution in [3.63, 3.8) is 0 Å². The standard InChI is InChI=1S/C24H38N6O3S/c1-19(2)30-23-11-10-21(17-22(23)26-27-30)34(32,33)29-16-7-9-20(18-29)24(31)25-12-8-15-28-13-5-3-4-6-14-28/h10-11,17,19-20H,3-9,12-16,18H2,1-2H3,(H,25,31). The highest BCUT2D eigenvalue weighted by Gasteiger charge is 2.33. The van der Waals surface area contributed by atoms with Crippen LogP contribution in [0.2, 0.25) is 0 Å². The van der Waals surface area contributed by atoms with Crippen molar-refractivity contribution in [2.24, 2.45) is 5.92 Å². The number of benzene rings is 1. The largest absolute Gasteiger partial charge is 0.356 e. The van der Waals surface area contributed by atoms with E-state index in [-0.39, 0.29) is 29.3 Å². The Hall–Kier alpha value is -2.04. The molecule has 188 valence electrons. The van der Waals surface area contributed by atoms with Gasteiger partial charge in [0, 0.05) is 25.7 Å². The van der Waals surface area contributed by atoms with E-state index < -0.39 is 10.0 Å². The van der Waals surface area contributed by atoms with E-state index in [0.717, 1.165) is 31.6 Å². The van der Waals surface area contributed by atoms with E-state index in [1.165, 1.54) is 30.0 Å². The van der Waals surface area contributed by atoms with Crippen LogP contribution in [0.25, 0.3) is 11.0 Å². The van der Waals surface area contributed by atoms with E-state index in [1.807, 2.05) is 13.8 Å². The Kier molecular flexibility index (Phi) is 8.21. The molecular formula is C24H38N6O3S. The summed E-state index contributed by atoms with van der Waals surface area (Å²) < 4.78 is 29.9. The molecule has 0 spiro atoms. The molecular weight excluding hydrogens is 452 g/mol. The minimum absolute atomic E-state index is 0.0360. The number of aromatic nitrogens is 3. The molecule has 1 N–H and O–H groups in total.